The van der Waals surface area contributed by atoms with Crippen molar-refractivity contribution in [1.29, 1.82) is 0 Å². The Morgan fingerprint density at radius 2 is 0.963 bits per heavy atom. The van der Waals surface area contributed by atoms with Crippen molar-refractivity contribution in [3.63, 3.8) is 0 Å². The fourth-order valence-electron chi connectivity index (χ4n) is 8.36. The Hall–Kier alpha value is -6.27. The second-order valence-corrected chi connectivity index (χ2v) is 14.7. The summed E-state index contributed by atoms with van der Waals surface area (Å²) in [5.74, 6) is -1.08. The van der Waals surface area contributed by atoms with Gasteiger partial charge in [0.25, 0.3) is 0 Å². The van der Waals surface area contributed by atoms with Crippen molar-refractivity contribution < 1.29 is 19.1 Å². The van der Waals surface area contributed by atoms with Crippen molar-refractivity contribution in [1.82, 2.24) is 5.01 Å². The second-order valence-electron chi connectivity index (χ2n) is 14.7. The first-order chi connectivity index (χ1) is 26.4. The number of esters is 2. The quantitative estimate of drug-likeness (QED) is 0.105. The van der Waals surface area contributed by atoms with Crippen molar-refractivity contribution in [2.24, 2.45) is 10.5 Å². The van der Waals surface area contributed by atoms with Gasteiger partial charge in [0, 0.05) is 11.8 Å². The van der Waals surface area contributed by atoms with Crippen LogP contribution < -0.4 is 0 Å². The van der Waals surface area contributed by atoms with Crippen LogP contribution in [0.5, 0.6) is 0 Å². The fourth-order valence-corrected chi connectivity index (χ4v) is 8.36. The van der Waals surface area contributed by atoms with Crippen molar-refractivity contribution in [3.05, 3.63) is 215 Å². The topological polar surface area (TPSA) is 68.2 Å². The van der Waals surface area contributed by atoms with Gasteiger partial charge in [-0.15, -0.1) is 0 Å². The van der Waals surface area contributed by atoms with Crippen LogP contribution in [0.2, 0.25) is 0 Å². The van der Waals surface area contributed by atoms with E-state index in [1.165, 1.54) is 0 Å². The van der Waals surface area contributed by atoms with Gasteiger partial charge in [0.1, 0.15) is 12.1 Å². The van der Waals surface area contributed by atoms with Crippen LogP contribution in [0.15, 0.2) is 187 Å². The van der Waals surface area contributed by atoms with Crippen LogP contribution in [0.4, 0.5) is 0 Å². The molecule has 8 rings (SSSR count). The normalized spacial score (nSPS) is 18.1. The average molecular weight is 711 g/mol. The summed E-state index contributed by atoms with van der Waals surface area (Å²) in [5.41, 5.74) is 3.89. The molecule has 2 atom stereocenters. The first kappa shape index (κ1) is 34.8. The lowest BCUT2D eigenvalue weighted by molar-refractivity contribution is -0.168. The molecule has 6 heteroatoms. The molecule has 1 saturated heterocycles. The molecule has 54 heavy (non-hydrogen) atoms. The summed E-state index contributed by atoms with van der Waals surface area (Å²) in [4.78, 5) is 28.2. The van der Waals surface area contributed by atoms with E-state index in [1.807, 2.05) is 128 Å². The summed E-state index contributed by atoms with van der Waals surface area (Å²) >= 11 is 0. The molecule has 0 bridgehead atoms. The minimum Gasteiger partial charge on any atom is -0.462 e. The predicted octanol–water partition coefficient (Wildman–Crippen LogP) is 8.94. The summed E-state index contributed by atoms with van der Waals surface area (Å²) in [6.45, 7) is 3.94. The van der Waals surface area contributed by atoms with E-state index in [1.54, 1.807) is 0 Å². The van der Waals surface area contributed by atoms with Crippen molar-refractivity contribution >= 4 is 17.7 Å². The highest BCUT2D eigenvalue weighted by Gasteiger charge is 2.56. The van der Waals surface area contributed by atoms with Gasteiger partial charge < -0.3 is 9.47 Å². The predicted molar refractivity (Wildman–Crippen MR) is 211 cm³/mol. The summed E-state index contributed by atoms with van der Waals surface area (Å²) < 4.78 is 11.7. The summed E-state index contributed by atoms with van der Waals surface area (Å²) in [6.07, 6.45) is -0.842. The van der Waals surface area contributed by atoms with Crippen LogP contribution in [-0.2, 0) is 30.0 Å². The van der Waals surface area contributed by atoms with Crippen LogP contribution in [0.3, 0.4) is 0 Å². The van der Waals surface area contributed by atoms with Gasteiger partial charge in [-0.1, -0.05) is 196 Å². The first-order valence-corrected chi connectivity index (χ1v) is 18.4. The minimum atomic E-state index is -1.10. The number of benzene rings is 6. The molecular weight excluding hydrogens is 669 g/mol. The molecule has 0 N–H and O–H groups in total. The van der Waals surface area contributed by atoms with Crippen LogP contribution in [-0.4, -0.2) is 41.4 Å². The Labute approximate surface area is 316 Å². The lowest BCUT2D eigenvalue weighted by atomic mass is 9.65. The number of carbonyl (C=O) groups is 2. The fraction of sp³-hybridized carbons (Fsp3) is 0.188. The molecule has 0 saturated carbocycles. The Morgan fingerprint density at radius 1 is 0.611 bits per heavy atom. The molecule has 1 fully saturated rings. The molecule has 0 spiro atoms. The monoisotopic (exact) mass is 710 g/mol. The number of ether oxygens (including phenoxy) is 2. The Balaban J connectivity index is 1.45. The molecule has 0 aliphatic carbocycles. The lowest BCUT2D eigenvalue weighted by Crippen LogP contribution is -2.52. The summed E-state index contributed by atoms with van der Waals surface area (Å²) in [7, 11) is 0. The molecule has 2 aliphatic rings. The number of hydrogen-bond donors (Lipinski definition) is 0. The summed E-state index contributed by atoms with van der Waals surface area (Å²) in [5, 5.41) is 7.72. The number of rotatable bonds is 10. The van der Waals surface area contributed by atoms with E-state index in [9.17, 15) is 4.79 Å². The van der Waals surface area contributed by atoms with Gasteiger partial charge in [-0.05, 0) is 33.4 Å². The molecule has 0 unspecified atom stereocenters. The van der Waals surface area contributed by atoms with E-state index in [4.69, 9.17) is 14.6 Å². The van der Waals surface area contributed by atoms with Crippen molar-refractivity contribution in [3.8, 4) is 0 Å². The lowest BCUT2D eigenvalue weighted by Gasteiger charge is -2.44. The van der Waals surface area contributed by atoms with Crippen molar-refractivity contribution in [2.75, 3.05) is 6.61 Å². The molecule has 0 amide bonds. The van der Waals surface area contributed by atoms with Crippen LogP contribution >= 0.6 is 0 Å². The zero-order valence-electron chi connectivity index (χ0n) is 30.4. The third-order valence-electron chi connectivity index (χ3n) is 10.9. The maximum absolute atomic E-state index is 15.1. The van der Waals surface area contributed by atoms with Crippen LogP contribution in [0.25, 0.3) is 0 Å². The Morgan fingerprint density at radius 3 is 1.30 bits per heavy atom. The molecule has 0 radical (unpaired) electrons. The highest BCUT2D eigenvalue weighted by molar-refractivity contribution is 6.05. The van der Waals surface area contributed by atoms with Crippen LogP contribution in [0.1, 0.15) is 53.6 Å². The number of carbonyl (C=O) groups excluding carboxylic acids is 2. The van der Waals surface area contributed by atoms with Gasteiger partial charge in [-0.3, -0.25) is 5.01 Å². The molecule has 6 nitrogen and oxygen atoms in total. The SMILES string of the molecule is CC1(C)COC(=O)[C@@H]1OC(=O)[C@H]1CC(C(c2ccccc2)(c2ccccc2)c2ccccc2)=NN1C(c1ccccc1)(c1ccccc1)c1ccccc1. The molecule has 6 aromatic carbocycles. The highest BCUT2D eigenvalue weighted by atomic mass is 16.6. The van der Waals surface area contributed by atoms with E-state index in [-0.39, 0.29) is 13.0 Å². The maximum Gasteiger partial charge on any atom is 0.348 e. The number of nitrogens with zero attached hydrogens (tertiary/aromatic N) is 2. The zero-order valence-corrected chi connectivity index (χ0v) is 30.4. The van der Waals surface area contributed by atoms with E-state index >= 15 is 4.79 Å². The molecule has 0 aromatic heterocycles. The van der Waals surface area contributed by atoms with E-state index in [2.05, 4.69) is 72.8 Å². The van der Waals surface area contributed by atoms with Crippen molar-refractivity contribution in [2.45, 2.75) is 43.4 Å². The number of hydrogen-bond acceptors (Lipinski definition) is 6. The molecule has 2 heterocycles. The van der Waals surface area contributed by atoms with Gasteiger partial charge in [-0.25, -0.2) is 9.59 Å². The van der Waals surface area contributed by atoms with Gasteiger partial charge >= 0.3 is 11.9 Å². The Kier molecular flexibility index (Phi) is 9.20. The van der Waals surface area contributed by atoms with Gasteiger partial charge in [0.15, 0.2) is 6.04 Å². The summed E-state index contributed by atoms with van der Waals surface area (Å²) in [6, 6.07) is 60.8. The third kappa shape index (κ3) is 5.79. The standard InChI is InChI=1S/C48H42N2O4/c1-46(2)34-53-45(52)43(46)54-44(51)41-33-42(47(35-21-9-3-10-22-35,36-23-11-4-12-24-36)37-25-13-5-14-26-37)49-50(41)48(38-27-15-6-16-28-38,39-29-17-7-18-30-39)40-31-19-8-20-32-40/h3-32,41,43H,33-34H2,1-2H3/t41-,43+/m1/s1. The average Bonchev–Trinajstić information content (AvgIpc) is 3.78. The largest absolute Gasteiger partial charge is 0.462 e. The molecule has 2 aliphatic heterocycles. The highest BCUT2D eigenvalue weighted by Crippen LogP contribution is 2.50. The molecule has 6 aromatic rings. The van der Waals surface area contributed by atoms with Gasteiger partial charge in [0.05, 0.1) is 11.1 Å². The first-order valence-electron chi connectivity index (χ1n) is 18.4. The zero-order chi connectivity index (χ0) is 37.2. The van der Waals surface area contributed by atoms with E-state index < -0.39 is 40.5 Å². The van der Waals surface area contributed by atoms with E-state index in [0.717, 1.165) is 39.1 Å². The molecular formula is C48H42N2O4. The number of cyclic esters (lactones) is 1. The second kappa shape index (κ2) is 14.3. The minimum absolute atomic E-state index is 0.168. The van der Waals surface area contributed by atoms with Gasteiger partial charge in [-0.2, -0.15) is 5.10 Å². The smallest absolute Gasteiger partial charge is 0.348 e. The molecule has 268 valence electrons. The third-order valence-corrected chi connectivity index (χ3v) is 10.9. The number of hydrazone groups is 1. The van der Waals surface area contributed by atoms with Gasteiger partial charge in [0.2, 0.25) is 6.10 Å². The van der Waals surface area contributed by atoms with E-state index in [0.29, 0.717) is 0 Å². The van der Waals surface area contributed by atoms with Crippen LogP contribution in [0, 0.1) is 5.41 Å². The Bertz CT molecular complexity index is 2050. The maximum atomic E-state index is 15.1.